The van der Waals surface area contributed by atoms with Gasteiger partial charge in [-0.15, -0.1) is 0 Å². The van der Waals surface area contributed by atoms with Crippen LogP contribution in [0.3, 0.4) is 0 Å². The summed E-state index contributed by atoms with van der Waals surface area (Å²) in [5.74, 6) is 1.36. The van der Waals surface area contributed by atoms with Crippen LogP contribution in [-0.4, -0.2) is 31.4 Å². The van der Waals surface area contributed by atoms with Crippen LogP contribution >= 0.6 is 0 Å². The summed E-state index contributed by atoms with van der Waals surface area (Å²) >= 11 is 2.19. The van der Waals surface area contributed by atoms with Crippen LogP contribution in [0.4, 0.5) is 0 Å². The molecule has 2 radical (unpaired) electrons. The first kappa shape index (κ1) is 8.30. The zero-order chi connectivity index (χ0) is 9.10. The van der Waals surface area contributed by atoms with Crippen LogP contribution in [0.1, 0.15) is 0 Å². The minimum Gasteiger partial charge on any atom is -0.651 e. The first-order valence-corrected chi connectivity index (χ1v) is 4.21. The van der Waals surface area contributed by atoms with Crippen molar-refractivity contribution in [2.45, 2.75) is 0 Å². The number of nitrogens with zero attached hydrogens (tertiary/aromatic N) is 3. The molecule has 0 bridgehead atoms. The van der Waals surface area contributed by atoms with E-state index in [1.807, 2.05) is 24.4 Å². The molecule has 13 heavy (non-hydrogen) atoms. The molecule has 2 heterocycles. The molecule has 0 saturated carbocycles. The average molecular weight is 187 g/mol. The van der Waals surface area contributed by atoms with Gasteiger partial charge in [-0.1, -0.05) is 0 Å². The van der Waals surface area contributed by atoms with Crippen molar-refractivity contribution >= 4 is 16.6 Å². The van der Waals surface area contributed by atoms with Crippen molar-refractivity contribution < 1.29 is 3.79 Å². The summed E-state index contributed by atoms with van der Waals surface area (Å²) in [6.45, 7) is 0. The summed E-state index contributed by atoms with van der Waals surface area (Å²) in [5.41, 5.74) is 0. The van der Waals surface area contributed by atoms with E-state index >= 15 is 0 Å². The Morgan fingerprint density at radius 2 is 2.23 bits per heavy atom. The summed E-state index contributed by atoms with van der Waals surface area (Å²) in [4.78, 5) is 4.15. The van der Waals surface area contributed by atoms with E-state index in [1.165, 1.54) is 0 Å². The highest BCUT2D eigenvalue weighted by Crippen LogP contribution is 2.17. The number of hydrogen-bond acceptors (Lipinski definition) is 3. The number of pyridine rings is 1. The van der Waals surface area contributed by atoms with Crippen LogP contribution < -0.4 is 3.79 Å². The Kier molecular flexibility index (Phi) is 2.30. The van der Waals surface area contributed by atoms with Crippen molar-refractivity contribution in [1.82, 2.24) is 14.8 Å². The maximum Gasteiger partial charge on any atom is 0.482 e. The quantitative estimate of drug-likeness (QED) is 0.650. The van der Waals surface area contributed by atoms with Crippen molar-refractivity contribution in [3.63, 3.8) is 0 Å². The summed E-state index contributed by atoms with van der Waals surface area (Å²) < 4.78 is 6.71. The van der Waals surface area contributed by atoms with Gasteiger partial charge in [-0.25, -0.2) is 9.67 Å². The molecule has 2 aromatic heterocycles. The first-order chi connectivity index (χ1) is 6.42. The monoisotopic (exact) mass is 187 g/mol. The topological polar surface area (TPSA) is 39.9 Å². The molecule has 0 unspecified atom stereocenters. The van der Waals surface area contributed by atoms with Gasteiger partial charge in [-0.2, -0.15) is 5.10 Å². The van der Waals surface area contributed by atoms with E-state index in [0.29, 0.717) is 11.6 Å². The molecule has 0 aliphatic rings. The number of rotatable bonds is 2. The van der Waals surface area contributed by atoms with Crippen LogP contribution in [0.5, 0.6) is 5.75 Å². The average Bonchev–Trinajstić information content (AvgIpc) is 2.70. The van der Waals surface area contributed by atoms with Crippen LogP contribution in [0.25, 0.3) is 5.82 Å². The fourth-order valence-electron chi connectivity index (χ4n) is 1.04. The van der Waals surface area contributed by atoms with Crippen molar-refractivity contribution in [3.8, 4) is 11.6 Å². The van der Waals surface area contributed by atoms with Crippen LogP contribution in [0.15, 0.2) is 36.8 Å². The molecule has 0 atom stereocenters. The van der Waals surface area contributed by atoms with Gasteiger partial charge in [0.15, 0.2) is 5.82 Å². The van der Waals surface area contributed by atoms with Gasteiger partial charge in [0.2, 0.25) is 0 Å². The molecule has 0 aliphatic carbocycles. The van der Waals surface area contributed by atoms with E-state index in [9.17, 15) is 0 Å². The Morgan fingerprint density at radius 1 is 1.31 bits per heavy atom. The summed E-state index contributed by atoms with van der Waals surface area (Å²) in [7, 11) is 0. The minimum absolute atomic E-state index is 0.677. The van der Waals surface area contributed by atoms with E-state index < -0.39 is 0 Å². The van der Waals surface area contributed by atoms with Gasteiger partial charge >= 0.3 is 16.6 Å². The molecule has 2 rings (SSSR count). The van der Waals surface area contributed by atoms with Crippen molar-refractivity contribution in [2.75, 3.05) is 0 Å². The predicted molar refractivity (Wildman–Crippen MR) is 47.7 cm³/mol. The largest absolute Gasteiger partial charge is 0.651 e. The molecule has 62 valence electrons. The Balaban J connectivity index is 2.51. The van der Waals surface area contributed by atoms with Gasteiger partial charge in [-0.3, -0.25) is 0 Å². The van der Waals surface area contributed by atoms with E-state index in [2.05, 4.69) is 26.7 Å². The van der Waals surface area contributed by atoms with Crippen molar-refractivity contribution in [2.24, 2.45) is 0 Å². The molecular formula is C8H6AlN3O. The lowest BCUT2D eigenvalue weighted by Gasteiger charge is -2.07. The smallest absolute Gasteiger partial charge is 0.482 e. The summed E-state index contributed by atoms with van der Waals surface area (Å²) in [6, 6.07) is 5.48. The summed E-state index contributed by atoms with van der Waals surface area (Å²) in [6.07, 6.45) is 5.21. The fraction of sp³-hybridized carbons (Fsp3) is 0. The van der Waals surface area contributed by atoms with E-state index in [4.69, 9.17) is 3.79 Å². The minimum atomic E-state index is 0.677. The van der Waals surface area contributed by atoms with Gasteiger partial charge in [0.1, 0.15) is 5.75 Å². The molecule has 0 aromatic carbocycles. The number of hydrogen-bond donors (Lipinski definition) is 0. The standard InChI is InChI=1S/C8H7N3O.Al/c12-7-3-1-4-9-8(7)11-6-2-5-10-11;/h1-6,12H;/q;+1/p-1. The van der Waals surface area contributed by atoms with Gasteiger partial charge in [0.25, 0.3) is 0 Å². The summed E-state index contributed by atoms with van der Waals surface area (Å²) in [5, 5.41) is 4.06. The Bertz CT molecular complexity index is 388. The van der Waals surface area contributed by atoms with Gasteiger partial charge in [-0.05, 0) is 18.2 Å². The second-order valence-corrected chi connectivity index (χ2v) is 2.63. The molecule has 2 aromatic rings. The van der Waals surface area contributed by atoms with Crippen molar-refractivity contribution in [3.05, 3.63) is 36.8 Å². The second-order valence-electron chi connectivity index (χ2n) is 2.39. The fourth-order valence-corrected chi connectivity index (χ4v) is 1.22. The van der Waals surface area contributed by atoms with Crippen LogP contribution in [0, 0.1) is 0 Å². The molecule has 0 aliphatic heterocycles. The SMILES string of the molecule is [Al][O]c1cccnc1-n1cccn1. The highest BCUT2D eigenvalue weighted by Gasteiger charge is 2.03. The van der Waals surface area contributed by atoms with Gasteiger partial charge in [0.05, 0.1) is 0 Å². The Morgan fingerprint density at radius 3 is 2.92 bits per heavy atom. The lowest BCUT2D eigenvalue weighted by molar-refractivity contribution is 0.599. The molecule has 0 amide bonds. The highest BCUT2D eigenvalue weighted by atomic mass is 27.1. The zero-order valence-corrected chi connectivity index (χ0v) is 7.95. The maximum absolute atomic E-state index is 5.06. The highest BCUT2D eigenvalue weighted by molar-refractivity contribution is 6.00. The molecule has 0 N–H and O–H groups in total. The van der Waals surface area contributed by atoms with Crippen LogP contribution in [-0.2, 0) is 0 Å². The Labute approximate surface area is 83.9 Å². The third-order valence-corrected chi connectivity index (χ3v) is 1.85. The van der Waals surface area contributed by atoms with E-state index in [1.54, 1.807) is 17.1 Å². The third-order valence-electron chi connectivity index (χ3n) is 1.60. The normalized spacial score (nSPS) is 9.85. The molecule has 5 heteroatoms. The van der Waals surface area contributed by atoms with Gasteiger partial charge < -0.3 is 3.79 Å². The van der Waals surface area contributed by atoms with Gasteiger partial charge in [0, 0.05) is 18.6 Å². The third kappa shape index (κ3) is 1.57. The zero-order valence-electron chi connectivity index (χ0n) is 6.79. The Hall–Kier alpha value is -1.31. The van der Waals surface area contributed by atoms with E-state index in [-0.39, 0.29) is 0 Å². The lowest BCUT2D eigenvalue weighted by atomic mass is 10.4. The first-order valence-electron chi connectivity index (χ1n) is 3.73. The van der Waals surface area contributed by atoms with Crippen LogP contribution in [0.2, 0.25) is 0 Å². The number of aromatic nitrogens is 3. The molecule has 0 saturated heterocycles. The molecule has 0 spiro atoms. The molecule has 0 fully saturated rings. The maximum atomic E-state index is 5.06. The molecule has 4 nitrogen and oxygen atoms in total. The van der Waals surface area contributed by atoms with Crippen molar-refractivity contribution in [1.29, 1.82) is 0 Å². The predicted octanol–water partition coefficient (Wildman–Crippen LogP) is 0.730. The van der Waals surface area contributed by atoms with E-state index in [0.717, 1.165) is 0 Å². The lowest BCUT2D eigenvalue weighted by Crippen LogP contribution is -2.01. The molecular weight excluding hydrogens is 181 g/mol. The second kappa shape index (κ2) is 3.61.